The molecule has 0 bridgehead atoms. The molecule has 0 saturated carbocycles. The first kappa shape index (κ1) is 13.6. The van der Waals surface area contributed by atoms with E-state index in [0.29, 0.717) is 11.5 Å². The van der Waals surface area contributed by atoms with Crippen molar-refractivity contribution in [1.29, 1.82) is 0 Å². The second-order valence-corrected chi connectivity index (χ2v) is 5.44. The van der Waals surface area contributed by atoms with E-state index in [-0.39, 0.29) is 5.69 Å². The van der Waals surface area contributed by atoms with Crippen LogP contribution in [0.15, 0.2) is 27.6 Å². The molecule has 0 spiro atoms. The molecule has 0 unspecified atom stereocenters. The fourth-order valence-corrected chi connectivity index (χ4v) is 2.91. The summed E-state index contributed by atoms with van der Waals surface area (Å²) < 4.78 is 10.5. The number of aromatic nitrogens is 4. The Morgan fingerprint density at radius 1 is 1.22 bits per heavy atom. The summed E-state index contributed by atoms with van der Waals surface area (Å²) in [4.78, 5) is 21.5. The number of imidazole rings is 1. The number of hydrogen-bond donors (Lipinski definition) is 2. The molecule has 0 aliphatic rings. The van der Waals surface area contributed by atoms with Gasteiger partial charge in [0.25, 0.3) is 0 Å². The predicted octanol–water partition coefficient (Wildman–Crippen LogP) is 2.68. The van der Waals surface area contributed by atoms with Crippen LogP contribution in [0, 0.1) is 13.8 Å². The molecule has 4 aromatic rings. The number of rotatable bonds is 2. The monoisotopic (exact) mass is 310 g/mol. The zero-order chi connectivity index (χ0) is 16.1. The molecule has 0 aliphatic carbocycles. The number of aryl methyl sites for hydroxylation is 2. The maximum atomic E-state index is 11.5. The molecular formula is C16H14N4O3. The number of H-pyrrole nitrogens is 2. The summed E-state index contributed by atoms with van der Waals surface area (Å²) in [5.41, 5.74) is 5.49. The van der Waals surface area contributed by atoms with Gasteiger partial charge < -0.3 is 19.2 Å². The first-order chi connectivity index (χ1) is 11.1. The molecule has 3 heterocycles. The van der Waals surface area contributed by atoms with Crippen LogP contribution < -0.4 is 10.4 Å². The standard InChI is InChI=1S/C16H14N4O3/c1-7-4-10-11(17-6-12-14(10)19-16(21)18-12)5-9(7)13-8(2)20-23-15(13)22-3/h4-6H,1-3H3,(H2,18,19,21). The number of pyridine rings is 1. The van der Waals surface area contributed by atoms with E-state index >= 15 is 0 Å². The number of hydrogen-bond acceptors (Lipinski definition) is 5. The lowest BCUT2D eigenvalue weighted by molar-refractivity contribution is 0.261. The van der Waals surface area contributed by atoms with Gasteiger partial charge in [0.15, 0.2) is 0 Å². The van der Waals surface area contributed by atoms with E-state index < -0.39 is 0 Å². The number of fused-ring (bicyclic) bond motifs is 3. The molecule has 0 atom stereocenters. The van der Waals surface area contributed by atoms with Gasteiger partial charge in [-0.1, -0.05) is 5.16 Å². The van der Waals surface area contributed by atoms with Crippen LogP contribution in [0.5, 0.6) is 5.95 Å². The SMILES string of the molecule is COc1onc(C)c1-c1cc2ncc3[nH]c(=O)[nH]c3c2cc1C. The van der Waals surface area contributed by atoms with Gasteiger partial charge in [0.2, 0.25) is 0 Å². The van der Waals surface area contributed by atoms with Crippen LogP contribution in [0.4, 0.5) is 0 Å². The number of nitrogens with zero attached hydrogens (tertiary/aromatic N) is 2. The minimum atomic E-state index is -0.243. The molecule has 0 aliphatic heterocycles. The van der Waals surface area contributed by atoms with Crippen LogP contribution in [-0.2, 0) is 0 Å². The highest BCUT2D eigenvalue weighted by molar-refractivity contribution is 6.03. The van der Waals surface area contributed by atoms with Crippen molar-refractivity contribution in [3.63, 3.8) is 0 Å². The fourth-order valence-electron chi connectivity index (χ4n) is 2.91. The van der Waals surface area contributed by atoms with Crippen LogP contribution in [0.25, 0.3) is 33.1 Å². The lowest BCUT2D eigenvalue weighted by Gasteiger charge is -2.08. The van der Waals surface area contributed by atoms with E-state index in [9.17, 15) is 4.79 Å². The van der Waals surface area contributed by atoms with E-state index in [0.717, 1.165) is 38.8 Å². The molecule has 0 amide bonds. The van der Waals surface area contributed by atoms with Crippen molar-refractivity contribution in [1.82, 2.24) is 20.1 Å². The van der Waals surface area contributed by atoms with Gasteiger partial charge in [-0.15, -0.1) is 0 Å². The molecule has 0 radical (unpaired) electrons. The lowest BCUT2D eigenvalue weighted by atomic mass is 9.98. The Labute approximate surface area is 130 Å². The molecule has 7 heteroatoms. The molecule has 2 N–H and O–H groups in total. The van der Waals surface area contributed by atoms with Crippen LogP contribution in [-0.4, -0.2) is 27.2 Å². The number of methoxy groups -OCH3 is 1. The molecule has 1 aromatic carbocycles. The Morgan fingerprint density at radius 2 is 2.04 bits per heavy atom. The van der Waals surface area contributed by atoms with E-state index in [2.05, 4.69) is 20.1 Å². The number of nitrogens with one attached hydrogen (secondary N) is 2. The lowest BCUT2D eigenvalue weighted by Crippen LogP contribution is -1.99. The van der Waals surface area contributed by atoms with Crippen LogP contribution >= 0.6 is 0 Å². The first-order valence-electron chi connectivity index (χ1n) is 7.10. The highest BCUT2D eigenvalue weighted by atomic mass is 16.6. The molecule has 0 saturated heterocycles. The van der Waals surface area contributed by atoms with Gasteiger partial charge in [0, 0.05) is 5.39 Å². The molecule has 4 rings (SSSR count). The Hall–Kier alpha value is -3.09. The van der Waals surface area contributed by atoms with Gasteiger partial charge in [-0.05, 0) is 37.1 Å². The average Bonchev–Trinajstić information content (AvgIpc) is 3.09. The first-order valence-corrected chi connectivity index (χ1v) is 7.10. The maximum absolute atomic E-state index is 11.5. The van der Waals surface area contributed by atoms with Crippen molar-refractivity contribution in [3.8, 4) is 17.1 Å². The summed E-state index contributed by atoms with van der Waals surface area (Å²) in [6.45, 7) is 3.86. The van der Waals surface area contributed by atoms with Crippen molar-refractivity contribution in [2.45, 2.75) is 13.8 Å². The van der Waals surface area contributed by atoms with Gasteiger partial charge in [-0.3, -0.25) is 4.98 Å². The minimum absolute atomic E-state index is 0.243. The van der Waals surface area contributed by atoms with Crippen LogP contribution in [0.1, 0.15) is 11.3 Å². The fraction of sp³-hybridized carbons (Fsp3) is 0.188. The van der Waals surface area contributed by atoms with Gasteiger partial charge >= 0.3 is 11.6 Å². The second-order valence-electron chi connectivity index (χ2n) is 5.44. The highest BCUT2D eigenvalue weighted by Crippen LogP contribution is 2.37. The molecule has 0 fully saturated rings. The van der Waals surface area contributed by atoms with Crippen LogP contribution in [0.3, 0.4) is 0 Å². The van der Waals surface area contributed by atoms with Crippen molar-refractivity contribution in [2.75, 3.05) is 7.11 Å². The number of ether oxygens (including phenoxy) is 1. The zero-order valence-corrected chi connectivity index (χ0v) is 12.9. The Morgan fingerprint density at radius 3 is 2.83 bits per heavy atom. The normalized spacial score (nSPS) is 11.4. The van der Waals surface area contributed by atoms with E-state index in [1.54, 1.807) is 13.3 Å². The summed E-state index contributed by atoms with van der Waals surface area (Å²) in [6.07, 6.45) is 1.65. The molecule has 3 aromatic heterocycles. The molecule has 116 valence electrons. The molecule has 7 nitrogen and oxygen atoms in total. The van der Waals surface area contributed by atoms with Gasteiger partial charge in [0.1, 0.15) is 0 Å². The third-order valence-corrected chi connectivity index (χ3v) is 3.99. The second kappa shape index (κ2) is 4.70. The smallest absolute Gasteiger partial charge is 0.323 e. The molecular weight excluding hydrogens is 296 g/mol. The molecule has 23 heavy (non-hydrogen) atoms. The van der Waals surface area contributed by atoms with Gasteiger partial charge in [-0.2, -0.15) is 0 Å². The van der Waals surface area contributed by atoms with Crippen molar-refractivity contribution < 1.29 is 9.26 Å². The topological polar surface area (TPSA) is 96.8 Å². The predicted molar refractivity (Wildman–Crippen MR) is 85.7 cm³/mol. The summed E-state index contributed by atoms with van der Waals surface area (Å²) in [6, 6.07) is 3.95. The number of aromatic amines is 2. The largest absolute Gasteiger partial charge is 0.467 e. The quantitative estimate of drug-likeness (QED) is 0.593. The highest BCUT2D eigenvalue weighted by Gasteiger charge is 2.19. The summed E-state index contributed by atoms with van der Waals surface area (Å²) in [5.74, 6) is 0.376. The van der Waals surface area contributed by atoms with E-state index in [1.807, 2.05) is 26.0 Å². The van der Waals surface area contributed by atoms with E-state index in [4.69, 9.17) is 9.26 Å². The summed E-state index contributed by atoms with van der Waals surface area (Å²) >= 11 is 0. The van der Waals surface area contributed by atoms with Gasteiger partial charge in [0.05, 0.1) is 41.1 Å². The average molecular weight is 310 g/mol. The van der Waals surface area contributed by atoms with Crippen molar-refractivity contribution >= 4 is 21.9 Å². The summed E-state index contributed by atoms with van der Waals surface area (Å²) in [7, 11) is 1.55. The van der Waals surface area contributed by atoms with Crippen molar-refractivity contribution in [2.24, 2.45) is 0 Å². The minimum Gasteiger partial charge on any atom is -0.467 e. The number of benzene rings is 1. The van der Waals surface area contributed by atoms with Crippen molar-refractivity contribution in [3.05, 3.63) is 40.1 Å². The third kappa shape index (κ3) is 1.93. The Kier molecular flexibility index (Phi) is 2.77. The Bertz CT molecular complexity index is 1100. The van der Waals surface area contributed by atoms with E-state index in [1.165, 1.54) is 0 Å². The zero-order valence-electron chi connectivity index (χ0n) is 12.9. The Balaban J connectivity index is 2.06. The summed E-state index contributed by atoms with van der Waals surface area (Å²) in [5, 5.41) is 4.85. The van der Waals surface area contributed by atoms with Gasteiger partial charge in [-0.25, -0.2) is 4.79 Å². The van der Waals surface area contributed by atoms with Crippen LogP contribution in [0.2, 0.25) is 0 Å². The maximum Gasteiger partial charge on any atom is 0.323 e. The third-order valence-electron chi connectivity index (χ3n) is 3.99.